The number of anilines is 2. The van der Waals surface area contributed by atoms with Gasteiger partial charge in [0.05, 0.1) is 5.75 Å². The second-order valence-electron chi connectivity index (χ2n) is 5.85. The molecule has 29 heavy (non-hydrogen) atoms. The van der Waals surface area contributed by atoms with Crippen LogP contribution in [0.1, 0.15) is 15.9 Å². The van der Waals surface area contributed by atoms with Crippen LogP contribution in [-0.4, -0.2) is 27.6 Å². The summed E-state index contributed by atoms with van der Waals surface area (Å²) < 4.78 is 18.1. The standard InChI is InChI=1S/C20H17FN4O3S/c21-14-6-8-15(9-7-14)24-19(27)16-10-23-20(25-18(16)22)29-12-17(26)28-11-13-4-2-1-3-5-13/h1-10H,11-12H2,(H,24,27)(H2,22,23,25). The van der Waals surface area contributed by atoms with Gasteiger partial charge in [0, 0.05) is 11.9 Å². The Hall–Kier alpha value is -3.46. The lowest BCUT2D eigenvalue weighted by Crippen LogP contribution is -2.16. The smallest absolute Gasteiger partial charge is 0.316 e. The van der Waals surface area contributed by atoms with Gasteiger partial charge in [-0.1, -0.05) is 42.1 Å². The Morgan fingerprint density at radius 3 is 2.52 bits per heavy atom. The van der Waals surface area contributed by atoms with E-state index in [9.17, 15) is 14.0 Å². The van der Waals surface area contributed by atoms with Crippen LogP contribution < -0.4 is 11.1 Å². The molecule has 1 heterocycles. The van der Waals surface area contributed by atoms with E-state index >= 15 is 0 Å². The zero-order valence-corrected chi connectivity index (χ0v) is 16.0. The summed E-state index contributed by atoms with van der Waals surface area (Å²) in [4.78, 5) is 32.2. The molecule has 0 atom stereocenters. The van der Waals surface area contributed by atoms with E-state index in [1.807, 2.05) is 30.3 Å². The van der Waals surface area contributed by atoms with Crippen molar-refractivity contribution in [2.75, 3.05) is 16.8 Å². The molecule has 3 rings (SSSR count). The molecular weight excluding hydrogens is 395 g/mol. The molecule has 0 bridgehead atoms. The molecule has 9 heteroatoms. The van der Waals surface area contributed by atoms with Gasteiger partial charge < -0.3 is 15.8 Å². The summed E-state index contributed by atoms with van der Waals surface area (Å²) in [6, 6.07) is 14.6. The number of nitrogens with two attached hydrogens (primary N) is 1. The van der Waals surface area contributed by atoms with E-state index in [1.54, 1.807) is 0 Å². The summed E-state index contributed by atoms with van der Waals surface area (Å²) in [6.07, 6.45) is 1.28. The van der Waals surface area contributed by atoms with E-state index in [0.717, 1.165) is 17.3 Å². The number of hydrogen-bond donors (Lipinski definition) is 2. The molecule has 0 fully saturated rings. The monoisotopic (exact) mass is 412 g/mol. The third kappa shape index (κ3) is 6.01. The molecule has 1 aromatic heterocycles. The lowest BCUT2D eigenvalue weighted by Gasteiger charge is -2.08. The van der Waals surface area contributed by atoms with Gasteiger partial charge in [0.25, 0.3) is 5.91 Å². The molecule has 0 radical (unpaired) electrons. The topological polar surface area (TPSA) is 107 Å². The third-order valence-electron chi connectivity index (χ3n) is 3.70. The van der Waals surface area contributed by atoms with Gasteiger partial charge >= 0.3 is 5.97 Å². The highest BCUT2D eigenvalue weighted by Crippen LogP contribution is 2.18. The van der Waals surface area contributed by atoms with E-state index in [1.165, 1.54) is 30.5 Å². The van der Waals surface area contributed by atoms with Gasteiger partial charge in [-0.25, -0.2) is 14.4 Å². The van der Waals surface area contributed by atoms with Crippen molar-refractivity contribution < 1.29 is 18.7 Å². The number of hydrogen-bond acceptors (Lipinski definition) is 7. The molecule has 0 spiro atoms. The molecule has 7 nitrogen and oxygen atoms in total. The van der Waals surface area contributed by atoms with Crippen LogP contribution in [0.15, 0.2) is 66.0 Å². The van der Waals surface area contributed by atoms with Crippen LogP contribution in [0, 0.1) is 5.82 Å². The van der Waals surface area contributed by atoms with Crippen molar-refractivity contribution in [3.05, 3.63) is 77.7 Å². The first-order valence-electron chi connectivity index (χ1n) is 8.53. The largest absolute Gasteiger partial charge is 0.460 e. The molecular formula is C20H17FN4O3S. The molecule has 0 unspecified atom stereocenters. The zero-order chi connectivity index (χ0) is 20.6. The average molecular weight is 412 g/mol. The molecule has 1 amide bonds. The Kier molecular flexibility index (Phi) is 6.75. The van der Waals surface area contributed by atoms with Crippen molar-refractivity contribution in [2.24, 2.45) is 0 Å². The maximum Gasteiger partial charge on any atom is 0.316 e. The molecule has 0 aliphatic carbocycles. The van der Waals surface area contributed by atoms with Crippen molar-refractivity contribution in [3.8, 4) is 0 Å². The Balaban J connectivity index is 1.52. The van der Waals surface area contributed by atoms with Gasteiger partial charge in [-0.3, -0.25) is 9.59 Å². The number of nitrogens with one attached hydrogen (secondary N) is 1. The predicted octanol–water partition coefficient (Wildman–Crippen LogP) is 3.29. The molecule has 0 aliphatic rings. The highest BCUT2D eigenvalue weighted by atomic mass is 32.2. The summed E-state index contributed by atoms with van der Waals surface area (Å²) in [5.74, 6) is -1.37. The molecule has 0 saturated heterocycles. The number of amides is 1. The van der Waals surface area contributed by atoms with Gasteiger partial charge in [0.2, 0.25) is 0 Å². The van der Waals surface area contributed by atoms with Crippen LogP contribution in [0.4, 0.5) is 15.9 Å². The summed E-state index contributed by atoms with van der Waals surface area (Å²) >= 11 is 1.05. The Bertz CT molecular complexity index is 1000. The number of carbonyl (C=O) groups is 2. The maximum absolute atomic E-state index is 12.9. The average Bonchev–Trinajstić information content (AvgIpc) is 2.73. The number of carbonyl (C=O) groups excluding carboxylic acids is 2. The highest BCUT2D eigenvalue weighted by Gasteiger charge is 2.14. The van der Waals surface area contributed by atoms with E-state index in [-0.39, 0.29) is 28.9 Å². The zero-order valence-electron chi connectivity index (χ0n) is 15.2. The van der Waals surface area contributed by atoms with Crippen LogP contribution in [0.5, 0.6) is 0 Å². The number of benzene rings is 2. The Labute approximate surface area is 170 Å². The minimum Gasteiger partial charge on any atom is -0.460 e. The first kappa shape index (κ1) is 20.3. The summed E-state index contributed by atoms with van der Waals surface area (Å²) in [7, 11) is 0. The molecule has 0 aliphatic heterocycles. The number of nitrogen functional groups attached to an aromatic ring is 1. The van der Waals surface area contributed by atoms with Crippen molar-refractivity contribution in [3.63, 3.8) is 0 Å². The second-order valence-corrected chi connectivity index (χ2v) is 6.79. The summed E-state index contributed by atoms with van der Waals surface area (Å²) in [5.41, 5.74) is 7.22. The number of halogens is 1. The number of ether oxygens (including phenoxy) is 1. The molecule has 3 aromatic rings. The van der Waals surface area contributed by atoms with E-state index in [2.05, 4.69) is 15.3 Å². The lowest BCUT2D eigenvalue weighted by atomic mass is 10.2. The SMILES string of the molecule is Nc1nc(SCC(=O)OCc2ccccc2)ncc1C(=O)Nc1ccc(F)cc1. The number of nitrogens with zero attached hydrogens (tertiary/aromatic N) is 2. The lowest BCUT2D eigenvalue weighted by molar-refractivity contribution is -0.141. The number of rotatable bonds is 7. The number of thioether (sulfide) groups is 1. The summed E-state index contributed by atoms with van der Waals surface area (Å²) in [6.45, 7) is 0.186. The molecule has 148 valence electrons. The van der Waals surface area contributed by atoms with Crippen molar-refractivity contribution in [1.29, 1.82) is 0 Å². The van der Waals surface area contributed by atoms with Crippen LogP contribution >= 0.6 is 11.8 Å². The third-order valence-corrected chi connectivity index (χ3v) is 4.54. The maximum atomic E-state index is 12.9. The molecule has 2 aromatic carbocycles. The van der Waals surface area contributed by atoms with Crippen LogP contribution in [0.2, 0.25) is 0 Å². The minimum atomic E-state index is -0.520. The van der Waals surface area contributed by atoms with Crippen LogP contribution in [-0.2, 0) is 16.1 Å². The number of esters is 1. The van der Waals surface area contributed by atoms with E-state index in [4.69, 9.17) is 10.5 Å². The van der Waals surface area contributed by atoms with Gasteiger partial charge in [0.15, 0.2) is 5.16 Å². The second kappa shape index (κ2) is 9.65. The quantitative estimate of drug-likeness (QED) is 0.348. The first-order valence-corrected chi connectivity index (χ1v) is 9.51. The predicted molar refractivity (Wildman–Crippen MR) is 108 cm³/mol. The van der Waals surface area contributed by atoms with Gasteiger partial charge in [-0.05, 0) is 29.8 Å². The van der Waals surface area contributed by atoms with Crippen LogP contribution in [0.3, 0.4) is 0 Å². The highest BCUT2D eigenvalue weighted by molar-refractivity contribution is 7.99. The fourth-order valence-corrected chi connectivity index (χ4v) is 2.88. The van der Waals surface area contributed by atoms with Crippen molar-refractivity contribution in [2.45, 2.75) is 11.8 Å². The Morgan fingerprint density at radius 2 is 1.83 bits per heavy atom. The van der Waals surface area contributed by atoms with Crippen molar-refractivity contribution >= 4 is 35.1 Å². The fraction of sp³-hybridized carbons (Fsp3) is 0.100. The molecule has 3 N–H and O–H groups in total. The summed E-state index contributed by atoms with van der Waals surface area (Å²) in [5, 5.41) is 2.83. The van der Waals surface area contributed by atoms with E-state index in [0.29, 0.717) is 5.69 Å². The van der Waals surface area contributed by atoms with Crippen molar-refractivity contribution in [1.82, 2.24) is 9.97 Å². The Morgan fingerprint density at radius 1 is 1.10 bits per heavy atom. The number of aromatic nitrogens is 2. The van der Waals surface area contributed by atoms with Gasteiger partial charge in [-0.15, -0.1) is 0 Å². The van der Waals surface area contributed by atoms with E-state index < -0.39 is 17.7 Å². The van der Waals surface area contributed by atoms with Crippen LogP contribution in [0.25, 0.3) is 0 Å². The van der Waals surface area contributed by atoms with Gasteiger partial charge in [0.1, 0.15) is 23.8 Å². The normalized spacial score (nSPS) is 10.4. The van der Waals surface area contributed by atoms with Gasteiger partial charge in [-0.2, -0.15) is 0 Å². The fourth-order valence-electron chi connectivity index (χ4n) is 2.26. The molecule has 0 saturated carbocycles. The minimum absolute atomic E-state index is 0.00734. The first-order chi connectivity index (χ1) is 14.0.